The lowest BCUT2D eigenvalue weighted by Crippen LogP contribution is -2.52. The van der Waals surface area contributed by atoms with Crippen molar-refractivity contribution in [1.82, 2.24) is 5.32 Å². The van der Waals surface area contributed by atoms with Gasteiger partial charge in [-0.3, -0.25) is 4.79 Å². The smallest absolute Gasteiger partial charge is 0.255 e. The number of rotatable bonds is 4. The number of hydrogen-bond acceptors (Lipinski definition) is 4. The van der Waals surface area contributed by atoms with E-state index in [1.54, 1.807) is 18.2 Å². The van der Waals surface area contributed by atoms with E-state index in [0.29, 0.717) is 12.2 Å². The van der Waals surface area contributed by atoms with E-state index >= 15 is 0 Å². The SMILES string of the molecule is Cc1ccc(C(=O)N[C@@H]2CCC[C@@H](Oc3ccccc3)[C@@H]2O)c(O)c1. The summed E-state index contributed by atoms with van der Waals surface area (Å²) in [5, 5.41) is 23.4. The third-order valence-electron chi connectivity index (χ3n) is 4.54. The summed E-state index contributed by atoms with van der Waals surface area (Å²) in [5.74, 6) is 0.261. The zero-order valence-electron chi connectivity index (χ0n) is 14.2. The van der Waals surface area contributed by atoms with Crippen LogP contribution < -0.4 is 10.1 Å². The highest BCUT2D eigenvalue weighted by atomic mass is 16.5. The molecule has 3 N–H and O–H groups in total. The minimum absolute atomic E-state index is 0.0557. The number of ether oxygens (including phenoxy) is 1. The summed E-state index contributed by atoms with van der Waals surface area (Å²) >= 11 is 0. The first kappa shape index (κ1) is 17.3. The number of para-hydroxylation sites is 1. The summed E-state index contributed by atoms with van der Waals surface area (Å²) in [6.45, 7) is 1.85. The van der Waals surface area contributed by atoms with Crippen molar-refractivity contribution >= 4 is 5.91 Å². The molecule has 0 saturated heterocycles. The van der Waals surface area contributed by atoms with Gasteiger partial charge in [0.25, 0.3) is 5.91 Å². The van der Waals surface area contributed by atoms with E-state index in [1.165, 1.54) is 0 Å². The van der Waals surface area contributed by atoms with Crippen LogP contribution in [0.15, 0.2) is 48.5 Å². The Morgan fingerprint density at radius 1 is 1.16 bits per heavy atom. The van der Waals surface area contributed by atoms with Crippen LogP contribution in [0.5, 0.6) is 11.5 Å². The van der Waals surface area contributed by atoms with Gasteiger partial charge >= 0.3 is 0 Å². The molecule has 25 heavy (non-hydrogen) atoms. The predicted molar refractivity (Wildman–Crippen MR) is 94.8 cm³/mol. The molecule has 2 aromatic carbocycles. The number of aromatic hydroxyl groups is 1. The maximum atomic E-state index is 12.4. The Morgan fingerprint density at radius 2 is 1.92 bits per heavy atom. The maximum Gasteiger partial charge on any atom is 0.255 e. The quantitative estimate of drug-likeness (QED) is 0.799. The van der Waals surface area contributed by atoms with Gasteiger partial charge in [0.2, 0.25) is 0 Å². The summed E-state index contributed by atoms with van der Waals surface area (Å²) in [6.07, 6.45) is 1.09. The van der Waals surface area contributed by atoms with Crippen LogP contribution >= 0.6 is 0 Å². The van der Waals surface area contributed by atoms with Crippen LogP contribution in [0.1, 0.15) is 35.2 Å². The summed E-state index contributed by atoms with van der Waals surface area (Å²) in [6, 6.07) is 13.9. The highest BCUT2D eigenvalue weighted by molar-refractivity contribution is 5.97. The molecule has 3 atom stereocenters. The van der Waals surface area contributed by atoms with Gasteiger partial charge in [0.05, 0.1) is 11.6 Å². The van der Waals surface area contributed by atoms with E-state index in [4.69, 9.17) is 4.74 Å². The summed E-state index contributed by atoms with van der Waals surface area (Å²) in [7, 11) is 0. The lowest BCUT2D eigenvalue weighted by molar-refractivity contribution is -0.0140. The zero-order chi connectivity index (χ0) is 17.8. The Morgan fingerprint density at radius 3 is 2.64 bits per heavy atom. The van der Waals surface area contributed by atoms with Crippen LogP contribution in [0.2, 0.25) is 0 Å². The molecule has 132 valence electrons. The van der Waals surface area contributed by atoms with E-state index < -0.39 is 12.1 Å². The van der Waals surface area contributed by atoms with Gasteiger partial charge in [-0.25, -0.2) is 0 Å². The Balaban J connectivity index is 1.66. The second-order valence-electron chi connectivity index (χ2n) is 6.49. The molecule has 1 fully saturated rings. The average Bonchev–Trinajstić information content (AvgIpc) is 2.59. The number of carbonyl (C=O) groups excluding carboxylic acids is 1. The van der Waals surface area contributed by atoms with Crippen LogP contribution in [-0.2, 0) is 0 Å². The first-order valence-electron chi connectivity index (χ1n) is 8.55. The molecule has 0 aliphatic heterocycles. The number of aliphatic hydroxyl groups excluding tert-OH is 1. The molecule has 3 rings (SSSR count). The molecule has 0 radical (unpaired) electrons. The number of carbonyl (C=O) groups is 1. The first-order chi connectivity index (χ1) is 12.0. The van der Waals surface area contributed by atoms with Crippen molar-refractivity contribution < 1.29 is 19.7 Å². The molecule has 1 amide bonds. The molecular formula is C20H23NO4. The maximum absolute atomic E-state index is 12.4. The minimum atomic E-state index is -0.800. The van der Waals surface area contributed by atoms with Crippen LogP contribution in [0, 0.1) is 6.92 Å². The van der Waals surface area contributed by atoms with Gasteiger partial charge in [0.15, 0.2) is 0 Å². The Labute approximate surface area is 147 Å². The molecule has 2 aromatic rings. The number of aryl methyl sites for hydroxylation is 1. The van der Waals surface area contributed by atoms with Gasteiger partial charge in [0.1, 0.15) is 23.7 Å². The average molecular weight is 341 g/mol. The highest BCUT2D eigenvalue weighted by Gasteiger charge is 2.34. The number of phenolic OH excluding ortho intramolecular Hbond substituents is 1. The number of phenols is 1. The molecule has 1 aliphatic rings. The Bertz CT molecular complexity index is 732. The number of amides is 1. The topological polar surface area (TPSA) is 78.8 Å². The molecule has 0 heterocycles. The van der Waals surface area contributed by atoms with Gasteiger partial charge in [-0.05, 0) is 56.0 Å². The van der Waals surface area contributed by atoms with Crippen molar-refractivity contribution in [2.45, 2.75) is 44.4 Å². The zero-order valence-corrected chi connectivity index (χ0v) is 14.2. The second-order valence-corrected chi connectivity index (χ2v) is 6.49. The second kappa shape index (κ2) is 7.57. The highest BCUT2D eigenvalue weighted by Crippen LogP contribution is 2.25. The van der Waals surface area contributed by atoms with Crippen molar-refractivity contribution in [1.29, 1.82) is 0 Å². The number of hydrogen-bond donors (Lipinski definition) is 3. The van der Waals surface area contributed by atoms with Crippen molar-refractivity contribution in [2.24, 2.45) is 0 Å². The summed E-state index contributed by atoms with van der Waals surface area (Å²) in [4.78, 5) is 12.4. The van der Waals surface area contributed by atoms with E-state index in [0.717, 1.165) is 18.4 Å². The molecule has 5 nitrogen and oxygen atoms in total. The molecule has 1 saturated carbocycles. The summed E-state index contributed by atoms with van der Waals surface area (Å²) < 4.78 is 5.87. The minimum Gasteiger partial charge on any atom is -0.507 e. The molecule has 1 aliphatic carbocycles. The fourth-order valence-electron chi connectivity index (χ4n) is 3.18. The van der Waals surface area contributed by atoms with Crippen molar-refractivity contribution in [3.8, 4) is 11.5 Å². The van der Waals surface area contributed by atoms with E-state index in [-0.39, 0.29) is 23.3 Å². The predicted octanol–water partition coefficient (Wildman–Crippen LogP) is 2.79. The van der Waals surface area contributed by atoms with E-state index in [1.807, 2.05) is 37.3 Å². The first-order valence-corrected chi connectivity index (χ1v) is 8.55. The van der Waals surface area contributed by atoms with Gasteiger partial charge in [-0.15, -0.1) is 0 Å². The van der Waals surface area contributed by atoms with E-state index in [2.05, 4.69) is 5.32 Å². The largest absolute Gasteiger partial charge is 0.507 e. The van der Waals surface area contributed by atoms with Gasteiger partial charge in [-0.2, -0.15) is 0 Å². The van der Waals surface area contributed by atoms with Crippen LogP contribution in [0.3, 0.4) is 0 Å². The van der Waals surface area contributed by atoms with Gasteiger partial charge in [0, 0.05) is 0 Å². The van der Waals surface area contributed by atoms with Crippen molar-refractivity contribution in [2.75, 3.05) is 0 Å². The Kier molecular flexibility index (Phi) is 5.24. The molecule has 0 aromatic heterocycles. The fourth-order valence-corrected chi connectivity index (χ4v) is 3.18. The lowest BCUT2D eigenvalue weighted by Gasteiger charge is -2.35. The fraction of sp³-hybridized carbons (Fsp3) is 0.350. The number of benzene rings is 2. The van der Waals surface area contributed by atoms with Crippen LogP contribution in [0.4, 0.5) is 0 Å². The van der Waals surface area contributed by atoms with Gasteiger partial charge in [-0.1, -0.05) is 24.3 Å². The molecular weight excluding hydrogens is 318 g/mol. The third kappa shape index (κ3) is 4.12. The molecule has 0 spiro atoms. The third-order valence-corrected chi connectivity index (χ3v) is 4.54. The van der Waals surface area contributed by atoms with Gasteiger partial charge < -0.3 is 20.3 Å². The van der Waals surface area contributed by atoms with Crippen molar-refractivity contribution in [3.63, 3.8) is 0 Å². The number of nitrogens with one attached hydrogen (secondary N) is 1. The Hall–Kier alpha value is -2.53. The number of aliphatic hydroxyl groups is 1. The molecule has 0 bridgehead atoms. The van der Waals surface area contributed by atoms with Crippen LogP contribution in [0.25, 0.3) is 0 Å². The van der Waals surface area contributed by atoms with Crippen molar-refractivity contribution in [3.05, 3.63) is 59.7 Å². The normalized spacial score (nSPS) is 23.0. The van der Waals surface area contributed by atoms with E-state index in [9.17, 15) is 15.0 Å². The molecule has 0 unspecified atom stereocenters. The summed E-state index contributed by atoms with van der Waals surface area (Å²) in [5.41, 5.74) is 1.09. The standard InChI is InChI=1S/C20H23NO4/c1-13-10-11-15(17(22)12-13)20(24)21-16-8-5-9-18(19(16)23)25-14-6-3-2-4-7-14/h2-4,6-7,10-12,16,18-19,22-23H,5,8-9H2,1H3,(H,21,24)/t16-,18-,19-/m1/s1. The monoisotopic (exact) mass is 341 g/mol. The lowest BCUT2D eigenvalue weighted by atomic mass is 9.89. The van der Waals surface area contributed by atoms with Crippen LogP contribution in [-0.4, -0.2) is 34.4 Å². The molecule has 5 heteroatoms.